The monoisotopic (exact) mass is 447 g/mol. The van der Waals surface area contributed by atoms with Gasteiger partial charge in [0, 0.05) is 10.6 Å². The lowest BCUT2D eigenvalue weighted by Gasteiger charge is -2.43. The molecule has 30 heavy (non-hydrogen) atoms. The Hall–Kier alpha value is -0.680. The third-order valence-corrected chi connectivity index (χ3v) is 8.36. The first-order valence-corrected chi connectivity index (χ1v) is 12.7. The van der Waals surface area contributed by atoms with Crippen molar-refractivity contribution in [3.63, 3.8) is 0 Å². The molecule has 0 unspecified atom stereocenters. The smallest absolute Gasteiger partial charge is 0.0836 e. The molecule has 0 aliphatic heterocycles. The van der Waals surface area contributed by atoms with Crippen LogP contribution in [0.4, 0.5) is 0 Å². The van der Waals surface area contributed by atoms with Gasteiger partial charge in [-0.2, -0.15) is 0 Å². The van der Waals surface area contributed by atoms with Crippen LogP contribution in [0.1, 0.15) is 113 Å². The van der Waals surface area contributed by atoms with Crippen LogP contribution in [-0.4, -0.2) is 5.54 Å². The van der Waals surface area contributed by atoms with E-state index >= 15 is 0 Å². The average Bonchev–Trinajstić information content (AvgIpc) is 2.79. The number of halogens is 2. The second-order valence-electron chi connectivity index (χ2n) is 9.92. The molecule has 3 fully saturated rings. The lowest BCUT2D eigenvalue weighted by molar-refractivity contribution is 0.154. The molecule has 2 N–H and O–H groups in total. The number of benzene rings is 1. The zero-order chi connectivity index (χ0) is 20.1. The van der Waals surface area contributed by atoms with E-state index < -0.39 is 0 Å². The number of nitrogens with two attached hydrogens (primary N) is 1. The van der Waals surface area contributed by atoms with Gasteiger partial charge in [-0.3, -0.25) is 0 Å². The third kappa shape index (κ3) is 5.56. The highest BCUT2D eigenvalue weighted by Gasteiger charge is 2.41. The van der Waals surface area contributed by atoms with Gasteiger partial charge in [-0.1, -0.05) is 87.3 Å². The summed E-state index contributed by atoms with van der Waals surface area (Å²) in [4.78, 5) is 0. The van der Waals surface area contributed by atoms with Crippen molar-refractivity contribution in [1.29, 1.82) is 0 Å². The minimum Gasteiger partial charge on any atom is -0.315 e. The molecule has 0 spiro atoms. The van der Waals surface area contributed by atoms with E-state index in [9.17, 15) is 0 Å². The van der Waals surface area contributed by atoms with E-state index in [2.05, 4.69) is 30.0 Å². The first kappa shape index (κ1) is 24.0. The largest absolute Gasteiger partial charge is 0.315 e. The normalized spacial score (nSPS) is 22.1. The Morgan fingerprint density at radius 2 is 1.27 bits per heavy atom. The summed E-state index contributed by atoms with van der Waals surface area (Å²) in [6.07, 6.45) is 19.6. The van der Waals surface area contributed by atoms with Gasteiger partial charge in [-0.05, 0) is 74.0 Å². The first-order valence-electron chi connectivity index (χ1n) is 12.3. The maximum atomic E-state index is 7.17. The van der Waals surface area contributed by atoms with E-state index in [1.165, 1.54) is 102 Å². The van der Waals surface area contributed by atoms with Crippen molar-refractivity contribution in [1.82, 2.24) is 0 Å². The van der Waals surface area contributed by atoms with Crippen LogP contribution in [0.3, 0.4) is 0 Å². The first-order chi connectivity index (χ1) is 14.2. The van der Waals surface area contributed by atoms with Crippen LogP contribution < -0.4 is 5.73 Å². The van der Waals surface area contributed by atoms with E-state index in [4.69, 9.17) is 17.3 Å². The highest BCUT2D eigenvalue weighted by molar-refractivity contribution is 6.31. The van der Waals surface area contributed by atoms with E-state index in [-0.39, 0.29) is 17.9 Å². The van der Waals surface area contributed by atoms with Gasteiger partial charge in [0.05, 0.1) is 5.54 Å². The molecule has 166 valence electrons. The van der Waals surface area contributed by atoms with Crippen molar-refractivity contribution in [3.05, 3.63) is 34.3 Å². The summed E-state index contributed by atoms with van der Waals surface area (Å²) in [6.45, 7) is 0. The van der Waals surface area contributed by atoms with Gasteiger partial charge in [0.2, 0.25) is 0 Å². The molecular formula is C27H39Cl2N. The standard InChI is InChI=1S/C27H38ClN.ClH/c28-26-20-21(16-17-25(26)22-10-4-1-5-11-22)18-19-27(29,23-12-6-2-7-13-23)24-14-8-3-9-15-24;/h16-17,20,22-24H,1-15,29H2;1H. The van der Waals surface area contributed by atoms with Crippen LogP contribution in [0.25, 0.3) is 0 Å². The molecule has 0 aromatic heterocycles. The molecule has 0 heterocycles. The SMILES string of the molecule is Cl.NC(C#Cc1ccc(C2CCCCC2)c(Cl)c1)(C1CCCCC1)C1CCCCC1. The molecule has 4 rings (SSSR count). The highest BCUT2D eigenvalue weighted by Crippen LogP contribution is 2.41. The highest BCUT2D eigenvalue weighted by atomic mass is 35.5. The Balaban J connectivity index is 0.00000256. The Kier molecular flexibility index (Phi) is 9.00. The van der Waals surface area contributed by atoms with Crippen LogP contribution in [0.2, 0.25) is 5.02 Å². The lowest BCUT2D eigenvalue weighted by Crippen LogP contribution is -2.53. The minimum absolute atomic E-state index is 0. The topological polar surface area (TPSA) is 26.0 Å². The average molecular weight is 449 g/mol. The molecular weight excluding hydrogens is 409 g/mol. The molecule has 0 amide bonds. The predicted molar refractivity (Wildman–Crippen MR) is 131 cm³/mol. The molecule has 3 aliphatic rings. The maximum Gasteiger partial charge on any atom is 0.0836 e. The van der Waals surface area contributed by atoms with Crippen molar-refractivity contribution in [3.8, 4) is 11.8 Å². The summed E-state index contributed by atoms with van der Waals surface area (Å²) in [6, 6.07) is 6.52. The Bertz CT molecular complexity index is 711. The minimum atomic E-state index is -0.324. The molecule has 3 saturated carbocycles. The van der Waals surface area contributed by atoms with Gasteiger partial charge in [0.25, 0.3) is 0 Å². The summed E-state index contributed by atoms with van der Waals surface area (Å²) >= 11 is 6.71. The molecule has 3 aliphatic carbocycles. The summed E-state index contributed by atoms with van der Waals surface area (Å²) in [5.74, 6) is 8.89. The number of hydrogen-bond acceptors (Lipinski definition) is 1. The van der Waals surface area contributed by atoms with E-state index in [0.717, 1.165) is 10.6 Å². The van der Waals surface area contributed by atoms with Crippen LogP contribution in [0.15, 0.2) is 18.2 Å². The van der Waals surface area contributed by atoms with E-state index in [0.29, 0.717) is 17.8 Å². The molecule has 0 atom stereocenters. The maximum absolute atomic E-state index is 7.17. The Morgan fingerprint density at radius 3 is 1.77 bits per heavy atom. The fourth-order valence-corrected chi connectivity index (χ4v) is 6.56. The van der Waals surface area contributed by atoms with Crippen LogP contribution in [0, 0.1) is 23.7 Å². The van der Waals surface area contributed by atoms with Crippen molar-refractivity contribution in [2.24, 2.45) is 17.6 Å². The number of hydrogen-bond donors (Lipinski definition) is 1. The van der Waals surface area contributed by atoms with Crippen LogP contribution in [-0.2, 0) is 0 Å². The molecule has 1 aromatic rings. The molecule has 1 nitrogen and oxygen atoms in total. The summed E-state index contributed by atoms with van der Waals surface area (Å²) < 4.78 is 0. The van der Waals surface area contributed by atoms with Gasteiger partial charge in [0.1, 0.15) is 0 Å². The lowest BCUT2D eigenvalue weighted by atomic mass is 9.65. The fraction of sp³-hybridized carbons (Fsp3) is 0.704. The van der Waals surface area contributed by atoms with Gasteiger partial charge < -0.3 is 5.73 Å². The van der Waals surface area contributed by atoms with E-state index in [1.54, 1.807) is 0 Å². The van der Waals surface area contributed by atoms with Crippen molar-refractivity contribution in [2.45, 2.75) is 108 Å². The van der Waals surface area contributed by atoms with Crippen molar-refractivity contribution < 1.29 is 0 Å². The van der Waals surface area contributed by atoms with Crippen LogP contribution >= 0.6 is 24.0 Å². The van der Waals surface area contributed by atoms with Crippen LogP contribution in [0.5, 0.6) is 0 Å². The zero-order valence-corrected chi connectivity index (χ0v) is 20.0. The van der Waals surface area contributed by atoms with Gasteiger partial charge in [0.15, 0.2) is 0 Å². The fourth-order valence-electron chi connectivity index (χ4n) is 6.23. The van der Waals surface area contributed by atoms with Gasteiger partial charge in [-0.15, -0.1) is 12.4 Å². The molecule has 0 bridgehead atoms. The molecule has 0 saturated heterocycles. The quantitative estimate of drug-likeness (QED) is 0.466. The molecule has 3 heteroatoms. The third-order valence-electron chi connectivity index (χ3n) is 8.03. The van der Waals surface area contributed by atoms with Crippen molar-refractivity contribution in [2.75, 3.05) is 0 Å². The second-order valence-corrected chi connectivity index (χ2v) is 10.3. The Morgan fingerprint density at radius 1 is 0.767 bits per heavy atom. The second kappa shape index (κ2) is 11.3. The zero-order valence-electron chi connectivity index (χ0n) is 18.4. The number of rotatable bonds is 3. The summed E-state index contributed by atoms with van der Waals surface area (Å²) in [5.41, 5.74) is 9.22. The molecule has 0 radical (unpaired) electrons. The summed E-state index contributed by atoms with van der Waals surface area (Å²) in [7, 11) is 0. The Labute approximate surface area is 195 Å². The van der Waals surface area contributed by atoms with Gasteiger partial charge in [-0.25, -0.2) is 0 Å². The predicted octanol–water partition coefficient (Wildman–Crippen LogP) is 8.02. The van der Waals surface area contributed by atoms with Crippen molar-refractivity contribution >= 4 is 24.0 Å². The molecule has 1 aromatic carbocycles. The van der Waals surface area contributed by atoms with E-state index in [1.807, 2.05) is 0 Å². The summed E-state index contributed by atoms with van der Waals surface area (Å²) in [5, 5.41) is 0.904. The van der Waals surface area contributed by atoms with Gasteiger partial charge >= 0.3 is 0 Å².